The number of hydrogen-bond donors (Lipinski definition) is 1. The fourth-order valence-corrected chi connectivity index (χ4v) is 2.85. The Kier molecular flexibility index (Phi) is 3.72. The second-order valence-corrected chi connectivity index (χ2v) is 5.90. The molecule has 0 atom stereocenters. The molecule has 0 aliphatic carbocycles. The summed E-state index contributed by atoms with van der Waals surface area (Å²) in [5.41, 5.74) is 4.85. The molecule has 22 heavy (non-hydrogen) atoms. The molecule has 0 saturated heterocycles. The second kappa shape index (κ2) is 5.68. The standard InChI is InChI=1S/C19H20N2O/c1-13(2)18-17(15-9-5-4-6-10-15)19(22)20-21(18)16-11-7-8-14(3)12-16/h4-13H,1-3H3,(H,20,22). The average Bonchev–Trinajstić information content (AvgIpc) is 2.86. The lowest BCUT2D eigenvalue weighted by atomic mass is 9.99. The Morgan fingerprint density at radius 3 is 2.36 bits per heavy atom. The minimum atomic E-state index is -0.0450. The van der Waals surface area contributed by atoms with E-state index in [0.717, 1.165) is 22.5 Å². The quantitative estimate of drug-likeness (QED) is 0.769. The maximum Gasteiger partial charge on any atom is 0.272 e. The predicted molar refractivity (Wildman–Crippen MR) is 90.7 cm³/mol. The number of nitrogens with one attached hydrogen (secondary N) is 1. The maximum atomic E-state index is 12.5. The van der Waals surface area contributed by atoms with Gasteiger partial charge in [-0.1, -0.05) is 56.3 Å². The first-order valence-electron chi connectivity index (χ1n) is 7.55. The zero-order chi connectivity index (χ0) is 15.7. The maximum absolute atomic E-state index is 12.5. The molecular formula is C19H20N2O. The Balaban J connectivity index is 2.28. The van der Waals surface area contributed by atoms with Crippen LogP contribution in [-0.2, 0) is 0 Å². The minimum absolute atomic E-state index is 0.0450. The van der Waals surface area contributed by atoms with Crippen molar-refractivity contribution >= 4 is 0 Å². The molecule has 1 aromatic heterocycles. The van der Waals surface area contributed by atoms with Crippen molar-refractivity contribution in [2.24, 2.45) is 0 Å². The SMILES string of the molecule is Cc1cccc(-n2[nH]c(=O)c(-c3ccccc3)c2C(C)C)c1. The van der Waals surface area contributed by atoms with Crippen molar-refractivity contribution in [2.75, 3.05) is 0 Å². The van der Waals surface area contributed by atoms with Crippen LogP contribution < -0.4 is 5.56 Å². The lowest BCUT2D eigenvalue weighted by molar-refractivity contribution is 0.731. The third-order valence-corrected chi connectivity index (χ3v) is 3.81. The van der Waals surface area contributed by atoms with E-state index in [2.05, 4.69) is 38.0 Å². The van der Waals surface area contributed by atoms with Crippen molar-refractivity contribution in [1.29, 1.82) is 0 Å². The van der Waals surface area contributed by atoms with Crippen molar-refractivity contribution in [3.8, 4) is 16.8 Å². The van der Waals surface area contributed by atoms with Gasteiger partial charge in [0.25, 0.3) is 5.56 Å². The van der Waals surface area contributed by atoms with Gasteiger partial charge in [0, 0.05) is 0 Å². The normalized spacial score (nSPS) is 11.1. The topological polar surface area (TPSA) is 37.8 Å². The van der Waals surface area contributed by atoms with Crippen LogP contribution in [0.15, 0.2) is 59.4 Å². The van der Waals surface area contributed by atoms with E-state index in [9.17, 15) is 4.79 Å². The molecule has 0 unspecified atom stereocenters. The lowest BCUT2D eigenvalue weighted by Crippen LogP contribution is -2.06. The summed E-state index contributed by atoms with van der Waals surface area (Å²) >= 11 is 0. The molecule has 3 nitrogen and oxygen atoms in total. The lowest BCUT2D eigenvalue weighted by Gasteiger charge is -2.13. The van der Waals surface area contributed by atoms with Crippen molar-refractivity contribution in [3.63, 3.8) is 0 Å². The predicted octanol–water partition coefficient (Wildman–Crippen LogP) is 4.26. The number of rotatable bonds is 3. The summed E-state index contributed by atoms with van der Waals surface area (Å²) in [4.78, 5) is 12.5. The number of aromatic nitrogens is 2. The summed E-state index contributed by atoms with van der Waals surface area (Å²) in [7, 11) is 0. The van der Waals surface area contributed by atoms with Gasteiger partial charge in [-0.3, -0.25) is 14.6 Å². The van der Waals surface area contributed by atoms with Gasteiger partial charge >= 0.3 is 0 Å². The Morgan fingerprint density at radius 1 is 1.00 bits per heavy atom. The van der Waals surface area contributed by atoms with Crippen molar-refractivity contribution in [2.45, 2.75) is 26.7 Å². The number of aryl methyl sites for hydroxylation is 1. The van der Waals surface area contributed by atoms with E-state index in [1.54, 1.807) is 0 Å². The van der Waals surface area contributed by atoms with Gasteiger partial charge in [-0.05, 0) is 36.1 Å². The van der Waals surface area contributed by atoms with Crippen LogP contribution in [0.25, 0.3) is 16.8 Å². The molecule has 3 heteroatoms. The third kappa shape index (κ3) is 2.50. The van der Waals surface area contributed by atoms with Gasteiger partial charge < -0.3 is 0 Å². The fourth-order valence-electron chi connectivity index (χ4n) is 2.85. The van der Waals surface area contributed by atoms with Crippen LogP contribution in [0, 0.1) is 6.92 Å². The first kappa shape index (κ1) is 14.4. The fraction of sp³-hybridized carbons (Fsp3) is 0.211. The van der Waals surface area contributed by atoms with Crippen molar-refractivity contribution < 1.29 is 0 Å². The van der Waals surface area contributed by atoms with Gasteiger partial charge in [-0.2, -0.15) is 0 Å². The highest BCUT2D eigenvalue weighted by atomic mass is 16.1. The Morgan fingerprint density at radius 2 is 1.73 bits per heavy atom. The van der Waals surface area contributed by atoms with Crippen LogP contribution in [0.5, 0.6) is 0 Å². The highest BCUT2D eigenvalue weighted by molar-refractivity contribution is 5.66. The van der Waals surface area contributed by atoms with Crippen molar-refractivity contribution in [3.05, 3.63) is 76.2 Å². The molecule has 1 N–H and O–H groups in total. The smallest absolute Gasteiger partial charge is 0.267 e. The molecule has 0 aliphatic rings. The van der Waals surface area contributed by atoms with Gasteiger partial charge in [0.1, 0.15) is 0 Å². The van der Waals surface area contributed by atoms with Crippen molar-refractivity contribution in [1.82, 2.24) is 9.78 Å². The highest BCUT2D eigenvalue weighted by Gasteiger charge is 2.19. The summed E-state index contributed by atoms with van der Waals surface area (Å²) in [5.74, 6) is 0.231. The molecule has 1 heterocycles. The Labute approximate surface area is 130 Å². The zero-order valence-corrected chi connectivity index (χ0v) is 13.1. The zero-order valence-electron chi connectivity index (χ0n) is 13.1. The van der Waals surface area contributed by atoms with E-state index in [-0.39, 0.29) is 11.5 Å². The van der Waals surface area contributed by atoms with E-state index in [1.165, 1.54) is 5.56 Å². The highest BCUT2D eigenvalue weighted by Crippen LogP contribution is 2.28. The molecule has 0 bridgehead atoms. The molecule has 2 aromatic carbocycles. The summed E-state index contributed by atoms with van der Waals surface area (Å²) in [6, 6.07) is 18.0. The van der Waals surface area contributed by atoms with E-state index in [0.29, 0.717) is 0 Å². The van der Waals surface area contributed by atoms with Crippen LogP contribution in [0.4, 0.5) is 0 Å². The van der Waals surface area contributed by atoms with Crippen LogP contribution >= 0.6 is 0 Å². The second-order valence-electron chi connectivity index (χ2n) is 5.90. The molecule has 0 saturated carbocycles. The first-order valence-corrected chi connectivity index (χ1v) is 7.55. The van der Waals surface area contributed by atoms with Gasteiger partial charge in [-0.25, -0.2) is 0 Å². The van der Waals surface area contributed by atoms with Gasteiger partial charge in [0.05, 0.1) is 16.9 Å². The minimum Gasteiger partial charge on any atom is -0.267 e. The largest absolute Gasteiger partial charge is 0.272 e. The van der Waals surface area contributed by atoms with E-state index in [4.69, 9.17) is 0 Å². The molecule has 0 fully saturated rings. The summed E-state index contributed by atoms with van der Waals surface area (Å²) in [6.07, 6.45) is 0. The van der Waals surface area contributed by atoms with E-state index >= 15 is 0 Å². The first-order chi connectivity index (χ1) is 10.6. The van der Waals surface area contributed by atoms with Gasteiger partial charge in [-0.15, -0.1) is 0 Å². The van der Waals surface area contributed by atoms with E-state index in [1.807, 2.05) is 47.1 Å². The number of nitrogens with zero attached hydrogens (tertiary/aromatic N) is 1. The van der Waals surface area contributed by atoms with Gasteiger partial charge in [0.2, 0.25) is 0 Å². The Bertz CT molecular complexity index is 841. The molecule has 0 amide bonds. The summed E-state index contributed by atoms with van der Waals surface area (Å²) in [5, 5.41) is 3.00. The average molecular weight is 292 g/mol. The number of benzene rings is 2. The molecule has 0 aliphatic heterocycles. The number of H-pyrrole nitrogens is 1. The number of hydrogen-bond acceptors (Lipinski definition) is 1. The molecule has 3 aromatic rings. The van der Waals surface area contributed by atoms with Crippen LogP contribution in [0.3, 0.4) is 0 Å². The molecule has 0 spiro atoms. The van der Waals surface area contributed by atoms with Gasteiger partial charge in [0.15, 0.2) is 0 Å². The Hall–Kier alpha value is -2.55. The molecule has 0 radical (unpaired) electrons. The van der Waals surface area contributed by atoms with Crippen LogP contribution in [0.2, 0.25) is 0 Å². The summed E-state index contributed by atoms with van der Waals surface area (Å²) < 4.78 is 1.92. The van der Waals surface area contributed by atoms with E-state index < -0.39 is 0 Å². The molecular weight excluding hydrogens is 272 g/mol. The van der Waals surface area contributed by atoms with Crippen LogP contribution in [-0.4, -0.2) is 9.78 Å². The monoisotopic (exact) mass is 292 g/mol. The summed E-state index contributed by atoms with van der Waals surface area (Å²) in [6.45, 7) is 6.28. The molecule has 3 rings (SSSR count). The third-order valence-electron chi connectivity index (χ3n) is 3.81. The molecule has 112 valence electrons. The van der Waals surface area contributed by atoms with Crippen LogP contribution in [0.1, 0.15) is 31.0 Å². The number of aromatic amines is 1.